The van der Waals surface area contributed by atoms with E-state index in [9.17, 15) is 0 Å². The molecule has 0 saturated carbocycles. The van der Waals surface area contributed by atoms with Gasteiger partial charge in [0.25, 0.3) is 0 Å². The molecule has 3 heteroatoms. The van der Waals surface area contributed by atoms with Crippen molar-refractivity contribution in [2.75, 3.05) is 4.90 Å². The van der Waals surface area contributed by atoms with Crippen LogP contribution in [0.2, 0.25) is 0 Å². The van der Waals surface area contributed by atoms with E-state index in [1.807, 2.05) is 11.3 Å². The fourth-order valence-corrected chi connectivity index (χ4v) is 10.7. The van der Waals surface area contributed by atoms with Crippen molar-refractivity contribution in [2.24, 2.45) is 0 Å². The predicted molar refractivity (Wildman–Crippen MR) is 262 cm³/mol. The molecule has 0 radical (unpaired) electrons. The molecule has 2 heterocycles. The van der Waals surface area contributed by atoms with Gasteiger partial charge in [0.2, 0.25) is 0 Å². The number of rotatable bonds is 7. The van der Waals surface area contributed by atoms with Crippen LogP contribution in [0, 0.1) is 0 Å². The Morgan fingerprint density at radius 2 is 0.885 bits per heavy atom. The van der Waals surface area contributed by atoms with E-state index in [2.05, 4.69) is 240 Å². The highest BCUT2D eigenvalue weighted by molar-refractivity contribution is 7.26. The molecule has 0 fully saturated rings. The zero-order valence-corrected chi connectivity index (χ0v) is 34.1. The second-order valence-corrected chi connectivity index (χ2v) is 16.7. The molecule has 0 bridgehead atoms. The minimum atomic E-state index is 1.09. The number of hydrogen-bond acceptors (Lipinski definition) is 2. The fraction of sp³-hybridized carbons (Fsp3) is 0. The maximum atomic E-state index is 2.45. The molecular formula is C58H38N2S. The summed E-state index contributed by atoms with van der Waals surface area (Å²) in [4.78, 5) is 2.39. The second kappa shape index (κ2) is 14.5. The highest BCUT2D eigenvalue weighted by Gasteiger charge is 2.22. The third-order valence-electron chi connectivity index (χ3n) is 12.2. The summed E-state index contributed by atoms with van der Waals surface area (Å²) in [5, 5.41) is 7.59. The Bertz CT molecular complexity index is 3540. The minimum absolute atomic E-state index is 1.09. The number of para-hydroxylation sites is 4. The summed E-state index contributed by atoms with van der Waals surface area (Å²) in [7, 11) is 0. The minimum Gasteiger partial charge on any atom is -0.310 e. The maximum Gasteiger partial charge on any atom is 0.0541 e. The number of thiophene rings is 1. The molecule has 0 N–H and O–H groups in total. The van der Waals surface area contributed by atoms with E-state index in [0.717, 1.165) is 22.7 Å². The van der Waals surface area contributed by atoms with Crippen molar-refractivity contribution in [3.63, 3.8) is 0 Å². The normalized spacial score (nSPS) is 11.6. The zero-order valence-electron chi connectivity index (χ0n) is 33.2. The topological polar surface area (TPSA) is 8.17 Å². The molecule has 12 rings (SSSR count). The molecule has 2 nitrogen and oxygen atoms in total. The van der Waals surface area contributed by atoms with Crippen LogP contribution in [-0.2, 0) is 0 Å². The molecule has 0 amide bonds. The van der Waals surface area contributed by atoms with Gasteiger partial charge < -0.3 is 9.47 Å². The molecule has 0 aliphatic carbocycles. The first-order valence-corrected chi connectivity index (χ1v) is 21.7. The molecule has 12 aromatic rings. The van der Waals surface area contributed by atoms with E-state index in [1.165, 1.54) is 86.1 Å². The van der Waals surface area contributed by atoms with Crippen LogP contribution in [0.3, 0.4) is 0 Å². The summed E-state index contributed by atoms with van der Waals surface area (Å²) in [6.07, 6.45) is 0. The van der Waals surface area contributed by atoms with Crippen molar-refractivity contribution >= 4 is 81.1 Å². The van der Waals surface area contributed by atoms with Crippen LogP contribution in [-0.4, -0.2) is 4.57 Å². The molecule has 0 aliphatic heterocycles. The predicted octanol–water partition coefficient (Wildman–Crippen LogP) is 16.8. The van der Waals surface area contributed by atoms with Crippen LogP contribution in [0.15, 0.2) is 231 Å². The highest BCUT2D eigenvalue weighted by Crippen LogP contribution is 2.47. The van der Waals surface area contributed by atoms with E-state index in [4.69, 9.17) is 0 Å². The molecule has 0 aliphatic rings. The van der Waals surface area contributed by atoms with Gasteiger partial charge in [-0.25, -0.2) is 0 Å². The van der Waals surface area contributed by atoms with Crippen molar-refractivity contribution < 1.29 is 0 Å². The Hall–Kier alpha value is -7.72. The van der Waals surface area contributed by atoms with E-state index < -0.39 is 0 Å². The maximum absolute atomic E-state index is 2.45. The van der Waals surface area contributed by atoms with Crippen LogP contribution in [0.25, 0.3) is 91.8 Å². The lowest BCUT2D eigenvalue weighted by Gasteiger charge is -2.27. The van der Waals surface area contributed by atoms with Crippen molar-refractivity contribution in [1.82, 2.24) is 4.57 Å². The molecule has 286 valence electrons. The van der Waals surface area contributed by atoms with Crippen molar-refractivity contribution in [3.05, 3.63) is 231 Å². The second-order valence-electron chi connectivity index (χ2n) is 15.6. The molecule has 0 unspecified atom stereocenters. The summed E-state index contributed by atoms with van der Waals surface area (Å²) < 4.78 is 5.04. The van der Waals surface area contributed by atoms with E-state index in [-0.39, 0.29) is 0 Å². The van der Waals surface area contributed by atoms with Gasteiger partial charge in [0, 0.05) is 59.1 Å². The Morgan fingerprint density at radius 1 is 0.328 bits per heavy atom. The molecule has 2 aromatic heterocycles. The van der Waals surface area contributed by atoms with Gasteiger partial charge in [-0.3, -0.25) is 0 Å². The number of benzene rings is 10. The first-order chi connectivity index (χ1) is 30.3. The summed E-state index contributed by atoms with van der Waals surface area (Å²) in [5.74, 6) is 0. The lowest BCUT2D eigenvalue weighted by molar-refractivity contribution is 1.18. The number of anilines is 3. The van der Waals surface area contributed by atoms with Gasteiger partial charge in [0.05, 0.1) is 16.7 Å². The summed E-state index contributed by atoms with van der Waals surface area (Å²) in [5.41, 5.74) is 14.1. The van der Waals surface area contributed by atoms with Gasteiger partial charge in [-0.2, -0.15) is 0 Å². The monoisotopic (exact) mass is 794 g/mol. The molecule has 0 saturated heterocycles. The van der Waals surface area contributed by atoms with Crippen LogP contribution < -0.4 is 4.90 Å². The first kappa shape index (κ1) is 35.2. The lowest BCUT2D eigenvalue weighted by Crippen LogP contribution is -2.10. The third-order valence-corrected chi connectivity index (χ3v) is 13.4. The van der Waals surface area contributed by atoms with Crippen LogP contribution >= 0.6 is 11.3 Å². The summed E-state index contributed by atoms with van der Waals surface area (Å²) in [6, 6.07) is 84.2. The number of nitrogens with zero attached hydrogens (tertiary/aromatic N) is 2. The van der Waals surface area contributed by atoms with Crippen LogP contribution in [0.5, 0.6) is 0 Å². The molecule has 0 atom stereocenters. The standard InChI is InChI=1S/C58H38N2S/c1-2-18-41(19-3-1)59(42-34-32-40(33-35-42)45-25-14-17-39-16-4-5-20-44(39)45)43-36-37-46(53(38-43)52-27-15-26-51-50-24-9-13-31-57(50)61-58(51)52)47-21-6-10-28-54(47)60-55-29-11-7-22-48(55)49-23-8-12-30-56(49)60/h1-38H. The Morgan fingerprint density at radius 3 is 1.69 bits per heavy atom. The fourth-order valence-electron chi connectivity index (χ4n) is 9.46. The number of hydrogen-bond donors (Lipinski definition) is 0. The zero-order chi connectivity index (χ0) is 40.3. The third kappa shape index (κ3) is 5.85. The Labute approximate surface area is 358 Å². The lowest BCUT2D eigenvalue weighted by atomic mass is 9.91. The van der Waals surface area contributed by atoms with Gasteiger partial charge in [0.15, 0.2) is 0 Å². The van der Waals surface area contributed by atoms with Gasteiger partial charge in [-0.05, 0) is 93.7 Å². The van der Waals surface area contributed by atoms with E-state index in [1.54, 1.807) is 0 Å². The van der Waals surface area contributed by atoms with Gasteiger partial charge in [0.1, 0.15) is 0 Å². The first-order valence-electron chi connectivity index (χ1n) is 20.8. The van der Waals surface area contributed by atoms with Gasteiger partial charge >= 0.3 is 0 Å². The van der Waals surface area contributed by atoms with Crippen molar-refractivity contribution in [2.45, 2.75) is 0 Å². The Balaban J connectivity index is 1.09. The number of aromatic nitrogens is 1. The number of fused-ring (bicyclic) bond motifs is 7. The average Bonchev–Trinajstić information content (AvgIpc) is 3.88. The molecule has 10 aromatic carbocycles. The van der Waals surface area contributed by atoms with E-state index in [0.29, 0.717) is 0 Å². The molecule has 61 heavy (non-hydrogen) atoms. The van der Waals surface area contributed by atoms with Crippen molar-refractivity contribution in [1.29, 1.82) is 0 Å². The highest BCUT2D eigenvalue weighted by atomic mass is 32.1. The van der Waals surface area contributed by atoms with Gasteiger partial charge in [-0.15, -0.1) is 11.3 Å². The smallest absolute Gasteiger partial charge is 0.0541 e. The molecular weight excluding hydrogens is 757 g/mol. The average molecular weight is 795 g/mol. The Kier molecular flexibility index (Phi) is 8.39. The SMILES string of the molecule is c1ccc(N(c2ccc(-c3cccc4ccccc34)cc2)c2ccc(-c3ccccc3-n3c4ccccc4c4ccccc43)c(-c3cccc4c3sc3ccccc34)c2)cc1. The van der Waals surface area contributed by atoms with Crippen LogP contribution in [0.4, 0.5) is 17.1 Å². The summed E-state index contributed by atoms with van der Waals surface area (Å²) >= 11 is 1.88. The molecule has 0 spiro atoms. The van der Waals surface area contributed by atoms with Gasteiger partial charge in [-0.1, -0.05) is 170 Å². The van der Waals surface area contributed by atoms with E-state index >= 15 is 0 Å². The van der Waals surface area contributed by atoms with Crippen LogP contribution in [0.1, 0.15) is 0 Å². The summed E-state index contributed by atoms with van der Waals surface area (Å²) in [6.45, 7) is 0. The quantitative estimate of drug-likeness (QED) is 0.156. The van der Waals surface area contributed by atoms with Crippen molar-refractivity contribution in [3.8, 4) is 39.1 Å². The largest absolute Gasteiger partial charge is 0.310 e.